The summed E-state index contributed by atoms with van der Waals surface area (Å²) in [5.74, 6) is -2.18. The van der Waals surface area contributed by atoms with Crippen molar-refractivity contribution in [2.45, 2.75) is 18.4 Å². The van der Waals surface area contributed by atoms with Crippen LogP contribution in [0.5, 0.6) is 0 Å². The average molecular weight is 334 g/mol. The normalized spacial score (nSPS) is 24.1. The number of amides is 2. The van der Waals surface area contributed by atoms with Gasteiger partial charge < -0.3 is 15.5 Å². The summed E-state index contributed by atoms with van der Waals surface area (Å²) in [4.78, 5) is 36.0. The zero-order chi connectivity index (χ0) is 16.7. The molecule has 2 aliphatic heterocycles. The number of carboxylic acid groups (broad SMARTS) is 1. The molecule has 1 aromatic rings. The highest BCUT2D eigenvalue weighted by molar-refractivity contribution is 8.09. The zero-order valence-electron chi connectivity index (χ0n) is 12.1. The van der Waals surface area contributed by atoms with Crippen LogP contribution in [0.2, 0.25) is 0 Å². The summed E-state index contributed by atoms with van der Waals surface area (Å²) in [6, 6.07) is 6.73. The summed E-state index contributed by atoms with van der Waals surface area (Å²) in [6.07, 6.45) is -0.304. The number of hydrogen-bond acceptors (Lipinski definition) is 5. The molecule has 3 rings (SSSR count). The number of anilines is 1. The Hall–Kier alpha value is -2.32. The van der Waals surface area contributed by atoms with Crippen molar-refractivity contribution in [1.82, 2.24) is 4.90 Å². The quantitative estimate of drug-likeness (QED) is 0.546. The molecule has 0 aliphatic carbocycles. The van der Waals surface area contributed by atoms with Crippen molar-refractivity contribution in [2.75, 3.05) is 5.32 Å². The highest BCUT2D eigenvalue weighted by Crippen LogP contribution is 2.53. The van der Waals surface area contributed by atoms with Gasteiger partial charge in [0, 0.05) is 10.6 Å². The maximum atomic E-state index is 12.1. The molecule has 0 radical (unpaired) electrons. The van der Waals surface area contributed by atoms with E-state index in [1.807, 2.05) is 0 Å². The molecule has 3 N–H and O–H groups in total. The topological polar surface area (TPSA) is 107 Å². The molecule has 3 atom stereocenters. The summed E-state index contributed by atoms with van der Waals surface area (Å²) in [7, 11) is 0. The number of hydrogen-bond donors (Lipinski definition) is 3. The van der Waals surface area contributed by atoms with Crippen molar-refractivity contribution in [2.24, 2.45) is 5.92 Å². The summed E-state index contributed by atoms with van der Waals surface area (Å²) in [6.45, 7) is 1.52. The molecule has 3 unspecified atom stereocenters. The van der Waals surface area contributed by atoms with Gasteiger partial charge in [-0.2, -0.15) is 0 Å². The first-order valence-corrected chi connectivity index (χ1v) is 7.79. The van der Waals surface area contributed by atoms with E-state index in [2.05, 4.69) is 5.32 Å². The average Bonchev–Trinajstić information content (AvgIpc) is 2.82. The summed E-state index contributed by atoms with van der Waals surface area (Å²) < 4.78 is 0. The maximum absolute atomic E-state index is 12.1. The van der Waals surface area contributed by atoms with Crippen molar-refractivity contribution in [3.63, 3.8) is 0 Å². The van der Waals surface area contributed by atoms with Crippen LogP contribution in [-0.2, 0) is 14.4 Å². The van der Waals surface area contributed by atoms with E-state index in [1.165, 1.54) is 23.6 Å². The number of aliphatic carboxylic acids is 1. The van der Waals surface area contributed by atoms with Gasteiger partial charge in [-0.3, -0.25) is 14.5 Å². The number of fused-ring (bicyclic) bond motifs is 1. The van der Waals surface area contributed by atoms with Crippen molar-refractivity contribution < 1.29 is 24.6 Å². The van der Waals surface area contributed by atoms with Gasteiger partial charge in [0.05, 0.1) is 12.0 Å². The lowest BCUT2D eigenvalue weighted by atomic mass is 9.92. The second kappa shape index (κ2) is 5.71. The number of carbonyl (C=O) groups excluding carboxylic acids is 2. The number of nitrogens with zero attached hydrogens (tertiary/aromatic N) is 1. The van der Waals surface area contributed by atoms with Crippen LogP contribution in [0.15, 0.2) is 30.0 Å². The Morgan fingerprint density at radius 3 is 2.83 bits per heavy atom. The molecule has 0 saturated carbocycles. The van der Waals surface area contributed by atoms with Gasteiger partial charge in [0.15, 0.2) is 0 Å². The predicted molar refractivity (Wildman–Crippen MR) is 84.1 cm³/mol. The molecule has 2 amide bonds. The third kappa shape index (κ3) is 2.40. The van der Waals surface area contributed by atoms with E-state index in [0.29, 0.717) is 22.6 Å². The molecular formula is C15H14N2O5S. The number of aliphatic hydroxyl groups is 1. The number of thioether (sulfide) groups is 1. The molecule has 2 aliphatic rings. The number of carboxylic acids is 1. The second-order valence-corrected chi connectivity index (χ2v) is 6.44. The first-order valence-electron chi connectivity index (χ1n) is 6.91. The van der Waals surface area contributed by atoms with Crippen molar-refractivity contribution in [1.29, 1.82) is 0 Å². The van der Waals surface area contributed by atoms with Gasteiger partial charge >= 0.3 is 5.97 Å². The smallest absolute Gasteiger partial charge is 0.353 e. The van der Waals surface area contributed by atoms with Crippen LogP contribution in [0.1, 0.15) is 12.5 Å². The van der Waals surface area contributed by atoms with Crippen LogP contribution in [0, 0.1) is 5.92 Å². The molecule has 0 spiro atoms. The molecule has 2 heterocycles. The highest BCUT2D eigenvalue weighted by Gasteiger charge is 2.57. The fourth-order valence-corrected chi connectivity index (χ4v) is 4.41. The first kappa shape index (κ1) is 15.6. The second-order valence-electron chi connectivity index (χ2n) is 5.31. The third-order valence-corrected chi connectivity index (χ3v) is 5.26. The van der Waals surface area contributed by atoms with Crippen LogP contribution in [-0.4, -0.2) is 44.9 Å². The lowest BCUT2D eigenvalue weighted by Gasteiger charge is -2.43. The van der Waals surface area contributed by atoms with Crippen LogP contribution in [0.3, 0.4) is 0 Å². The summed E-state index contributed by atoms with van der Waals surface area (Å²) >= 11 is 1.24. The molecule has 23 heavy (non-hydrogen) atoms. The van der Waals surface area contributed by atoms with Gasteiger partial charge in [0.2, 0.25) is 12.3 Å². The number of rotatable bonds is 5. The van der Waals surface area contributed by atoms with E-state index < -0.39 is 23.4 Å². The van der Waals surface area contributed by atoms with E-state index in [9.17, 15) is 24.6 Å². The number of carbonyl (C=O) groups is 3. The van der Waals surface area contributed by atoms with E-state index in [-0.39, 0.29) is 11.6 Å². The molecule has 1 aromatic carbocycles. The molecule has 120 valence electrons. The first-order chi connectivity index (χ1) is 11.0. The van der Waals surface area contributed by atoms with Gasteiger partial charge in [0.1, 0.15) is 11.1 Å². The zero-order valence-corrected chi connectivity index (χ0v) is 12.9. The Morgan fingerprint density at radius 1 is 1.48 bits per heavy atom. The number of aliphatic hydroxyl groups excluding tert-OH is 1. The lowest BCUT2D eigenvalue weighted by molar-refractivity contribution is -0.156. The molecule has 7 nitrogen and oxygen atoms in total. The molecular weight excluding hydrogens is 320 g/mol. The van der Waals surface area contributed by atoms with Crippen LogP contribution in [0.4, 0.5) is 5.69 Å². The minimum absolute atomic E-state index is 0.0786. The van der Waals surface area contributed by atoms with Crippen LogP contribution in [0.25, 0.3) is 4.91 Å². The number of β-lactam (4-membered cyclic amide) rings is 1. The molecule has 1 saturated heterocycles. The van der Waals surface area contributed by atoms with Gasteiger partial charge in [-0.1, -0.05) is 23.9 Å². The van der Waals surface area contributed by atoms with Gasteiger partial charge in [-0.15, -0.1) is 0 Å². The van der Waals surface area contributed by atoms with Gasteiger partial charge in [-0.05, 0) is 24.6 Å². The SMILES string of the molecule is CC(O)C1C(=O)N2C(C(=O)O)=C(c3cccc(NC=O)c3)SC12. The monoisotopic (exact) mass is 334 g/mol. The third-order valence-electron chi connectivity index (χ3n) is 3.85. The minimum Gasteiger partial charge on any atom is -0.477 e. The van der Waals surface area contributed by atoms with E-state index in [0.717, 1.165) is 0 Å². The van der Waals surface area contributed by atoms with E-state index in [4.69, 9.17) is 0 Å². The molecule has 1 fully saturated rings. The Labute approximate surface area is 136 Å². The lowest BCUT2D eigenvalue weighted by Crippen LogP contribution is -2.60. The predicted octanol–water partition coefficient (Wildman–Crippen LogP) is 0.920. The molecule has 0 aromatic heterocycles. The van der Waals surface area contributed by atoms with Crippen LogP contribution >= 0.6 is 11.8 Å². The summed E-state index contributed by atoms with van der Waals surface area (Å²) in [5, 5.41) is 21.3. The number of nitrogens with one attached hydrogen (secondary N) is 1. The Morgan fingerprint density at radius 2 is 2.22 bits per heavy atom. The van der Waals surface area contributed by atoms with Crippen molar-refractivity contribution in [3.8, 4) is 0 Å². The molecule has 0 bridgehead atoms. The van der Waals surface area contributed by atoms with E-state index >= 15 is 0 Å². The largest absolute Gasteiger partial charge is 0.477 e. The van der Waals surface area contributed by atoms with Crippen molar-refractivity contribution >= 4 is 40.6 Å². The minimum atomic E-state index is -1.19. The molecule has 8 heteroatoms. The number of benzene rings is 1. The fraction of sp³-hybridized carbons (Fsp3) is 0.267. The standard InChI is InChI=1S/C15H14N2O5S/c1-7(19)10-13(20)17-11(15(21)22)12(23-14(10)17)8-3-2-4-9(5-8)16-6-18/h2-7,10,14,19H,1H3,(H,16,18)(H,21,22). The maximum Gasteiger partial charge on any atom is 0.353 e. The summed E-state index contributed by atoms with van der Waals surface area (Å²) in [5.41, 5.74) is 1.05. The van der Waals surface area contributed by atoms with Crippen LogP contribution < -0.4 is 5.32 Å². The Balaban J connectivity index is 2.01. The van der Waals surface area contributed by atoms with Gasteiger partial charge in [-0.25, -0.2) is 4.79 Å². The Kier molecular flexibility index (Phi) is 3.87. The Bertz CT molecular complexity index is 730. The van der Waals surface area contributed by atoms with Gasteiger partial charge in [0.25, 0.3) is 0 Å². The van der Waals surface area contributed by atoms with E-state index in [1.54, 1.807) is 24.3 Å². The fourth-order valence-electron chi connectivity index (χ4n) is 2.80. The van der Waals surface area contributed by atoms with Crippen molar-refractivity contribution in [3.05, 3.63) is 35.5 Å². The highest BCUT2D eigenvalue weighted by atomic mass is 32.2.